The number of hydrogen-bond acceptors (Lipinski definition) is 2. The zero-order valence-electron chi connectivity index (χ0n) is 11.0. The number of anilines is 1. The van der Waals surface area contributed by atoms with Gasteiger partial charge >= 0.3 is 0 Å². The third kappa shape index (κ3) is 2.20. The first-order valence-corrected chi connectivity index (χ1v) is 6.63. The van der Waals surface area contributed by atoms with E-state index < -0.39 is 0 Å². The van der Waals surface area contributed by atoms with Gasteiger partial charge in [-0.3, -0.25) is 0 Å². The van der Waals surface area contributed by atoms with Crippen molar-refractivity contribution >= 4 is 5.69 Å². The lowest BCUT2D eigenvalue weighted by Crippen LogP contribution is -2.08. The highest BCUT2D eigenvalue weighted by molar-refractivity contribution is 5.59. The standard InChI is InChI=1S/C17H16N2/c1-12-6-7-13-8-9-17(15(13)10-12)19-16-5-3-2-4-14(16)11-18/h2-7,10,17,19H,8-9H2,1H3. The molecule has 2 heteroatoms. The number of nitriles is 1. The van der Waals surface area contributed by atoms with Gasteiger partial charge in [0.05, 0.1) is 17.3 Å². The molecule has 0 saturated carbocycles. The van der Waals surface area contributed by atoms with E-state index in [1.807, 2.05) is 24.3 Å². The molecule has 1 unspecified atom stereocenters. The van der Waals surface area contributed by atoms with Gasteiger partial charge in [0.15, 0.2) is 0 Å². The lowest BCUT2D eigenvalue weighted by atomic mass is 10.0. The molecule has 1 aliphatic rings. The Kier molecular flexibility index (Phi) is 2.97. The van der Waals surface area contributed by atoms with Crippen molar-refractivity contribution in [3.05, 3.63) is 64.7 Å². The van der Waals surface area contributed by atoms with Crippen LogP contribution in [0.15, 0.2) is 42.5 Å². The van der Waals surface area contributed by atoms with Crippen molar-refractivity contribution in [3.8, 4) is 6.07 Å². The molecule has 0 saturated heterocycles. The number of nitrogens with one attached hydrogen (secondary N) is 1. The van der Waals surface area contributed by atoms with Crippen molar-refractivity contribution in [2.24, 2.45) is 0 Å². The van der Waals surface area contributed by atoms with Crippen LogP contribution in [0.4, 0.5) is 5.69 Å². The minimum absolute atomic E-state index is 0.324. The molecule has 1 atom stereocenters. The molecule has 0 fully saturated rings. The van der Waals surface area contributed by atoms with E-state index in [1.165, 1.54) is 16.7 Å². The van der Waals surface area contributed by atoms with Crippen LogP contribution in [0.1, 0.15) is 34.7 Å². The van der Waals surface area contributed by atoms with E-state index in [1.54, 1.807) is 0 Å². The SMILES string of the molecule is Cc1ccc2c(c1)C(Nc1ccccc1C#N)CC2. The Morgan fingerprint density at radius 3 is 2.89 bits per heavy atom. The molecule has 2 nitrogen and oxygen atoms in total. The zero-order valence-corrected chi connectivity index (χ0v) is 11.0. The summed E-state index contributed by atoms with van der Waals surface area (Å²) in [5.41, 5.74) is 5.75. The second kappa shape index (κ2) is 4.78. The van der Waals surface area contributed by atoms with Crippen LogP contribution in [0.25, 0.3) is 0 Å². The minimum atomic E-state index is 0.324. The minimum Gasteiger partial charge on any atom is -0.377 e. The number of benzene rings is 2. The summed E-state index contributed by atoms with van der Waals surface area (Å²) in [6, 6.07) is 16.9. The van der Waals surface area contributed by atoms with Crippen LogP contribution >= 0.6 is 0 Å². The van der Waals surface area contributed by atoms with Gasteiger partial charge in [-0.2, -0.15) is 5.26 Å². The van der Waals surface area contributed by atoms with E-state index in [9.17, 15) is 0 Å². The lowest BCUT2D eigenvalue weighted by Gasteiger charge is -2.17. The van der Waals surface area contributed by atoms with Crippen LogP contribution in [0.2, 0.25) is 0 Å². The fourth-order valence-corrected chi connectivity index (χ4v) is 2.77. The van der Waals surface area contributed by atoms with Crippen LogP contribution in [-0.4, -0.2) is 0 Å². The lowest BCUT2D eigenvalue weighted by molar-refractivity contribution is 0.761. The number of fused-ring (bicyclic) bond motifs is 1. The molecule has 2 aromatic rings. The van der Waals surface area contributed by atoms with Crippen LogP contribution < -0.4 is 5.32 Å². The number of aryl methyl sites for hydroxylation is 2. The Hall–Kier alpha value is -2.27. The van der Waals surface area contributed by atoms with Crippen molar-refractivity contribution in [1.82, 2.24) is 0 Å². The highest BCUT2D eigenvalue weighted by Crippen LogP contribution is 2.35. The van der Waals surface area contributed by atoms with Crippen molar-refractivity contribution in [2.75, 3.05) is 5.32 Å². The summed E-state index contributed by atoms with van der Waals surface area (Å²) in [5, 5.41) is 12.7. The van der Waals surface area contributed by atoms with E-state index in [0.29, 0.717) is 11.6 Å². The second-order valence-electron chi connectivity index (χ2n) is 5.10. The molecule has 3 rings (SSSR count). The highest BCUT2D eigenvalue weighted by atomic mass is 14.9. The predicted octanol–water partition coefficient (Wildman–Crippen LogP) is 3.97. The first-order valence-electron chi connectivity index (χ1n) is 6.63. The molecule has 0 heterocycles. The molecule has 94 valence electrons. The Morgan fingerprint density at radius 2 is 2.05 bits per heavy atom. The maximum atomic E-state index is 9.14. The Labute approximate surface area is 113 Å². The smallest absolute Gasteiger partial charge is 0.101 e. The van der Waals surface area contributed by atoms with E-state index in [2.05, 4.69) is 36.5 Å². The molecule has 0 aliphatic heterocycles. The molecule has 1 aliphatic carbocycles. The average molecular weight is 248 g/mol. The summed E-state index contributed by atoms with van der Waals surface area (Å²) >= 11 is 0. The summed E-state index contributed by atoms with van der Waals surface area (Å²) in [4.78, 5) is 0. The number of hydrogen-bond donors (Lipinski definition) is 1. The maximum Gasteiger partial charge on any atom is 0.101 e. The molecule has 0 spiro atoms. The molecule has 2 aromatic carbocycles. The fraction of sp³-hybridized carbons (Fsp3) is 0.235. The van der Waals surface area contributed by atoms with Crippen LogP contribution in [0.5, 0.6) is 0 Å². The summed E-state index contributed by atoms with van der Waals surface area (Å²) in [6.07, 6.45) is 2.21. The van der Waals surface area contributed by atoms with E-state index in [4.69, 9.17) is 5.26 Å². The fourth-order valence-electron chi connectivity index (χ4n) is 2.77. The van der Waals surface area contributed by atoms with Gasteiger partial charge in [-0.25, -0.2) is 0 Å². The third-order valence-corrected chi connectivity index (χ3v) is 3.76. The van der Waals surface area contributed by atoms with E-state index >= 15 is 0 Å². The first kappa shape index (κ1) is 11.8. The molecule has 19 heavy (non-hydrogen) atoms. The maximum absolute atomic E-state index is 9.14. The summed E-state index contributed by atoms with van der Waals surface area (Å²) in [7, 11) is 0. The highest BCUT2D eigenvalue weighted by Gasteiger charge is 2.22. The van der Waals surface area contributed by atoms with Crippen molar-refractivity contribution < 1.29 is 0 Å². The quantitative estimate of drug-likeness (QED) is 0.873. The average Bonchev–Trinajstić information content (AvgIpc) is 2.82. The van der Waals surface area contributed by atoms with Crippen molar-refractivity contribution in [1.29, 1.82) is 5.26 Å². The molecular formula is C17H16N2. The van der Waals surface area contributed by atoms with Gasteiger partial charge in [0, 0.05) is 0 Å². The van der Waals surface area contributed by atoms with Crippen LogP contribution in [-0.2, 0) is 6.42 Å². The molecule has 0 aromatic heterocycles. The van der Waals surface area contributed by atoms with Crippen molar-refractivity contribution in [3.63, 3.8) is 0 Å². The van der Waals surface area contributed by atoms with E-state index in [-0.39, 0.29) is 0 Å². The number of rotatable bonds is 2. The topological polar surface area (TPSA) is 35.8 Å². The number of nitrogens with zero attached hydrogens (tertiary/aromatic N) is 1. The summed E-state index contributed by atoms with van der Waals surface area (Å²) < 4.78 is 0. The van der Waals surface area contributed by atoms with Gasteiger partial charge in [0.1, 0.15) is 6.07 Å². The van der Waals surface area contributed by atoms with Gasteiger partial charge in [0.25, 0.3) is 0 Å². The van der Waals surface area contributed by atoms with Gasteiger partial charge < -0.3 is 5.32 Å². The van der Waals surface area contributed by atoms with Gasteiger partial charge in [0.2, 0.25) is 0 Å². The molecule has 0 radical (unpaired) electrons. The molecule has 1 N–H and O–H groups in total. The summed E-state index contributed by atoms with van der Waals surface area (Å²) in [6.45, 7) is 2.12. The first-order chi connectivity index (χ1) is 9.28. The largest absolute Gasteiger partial charge is 0.377 e. The van der Waals surface area contributed by atoms with Gasteiger partial charge in [-0.05, 0) is 43.0 Å². The van der Waals surface area contributed by atoms with Crippen LogP contribution in [0, 0.1) is 18.3 Å². The Morgan fingerprint density at radius 1 is 1.21 bits per heavy atom. The Bertz CT molecular complexity index is 653. The second-order valence-corrected chi connectivity index (χ2v) is 5.10. The third-order valence-electron chi connectivity index (χ3n) is 3.76. The predicted molar refractivity (Wildman–Crippen MR) is 77.0 cm³/mol. The van der Waals surface area contributed by atoms with Crippen molar-refractivity contribution in [2.45, 2.75) is 25.8 Å². The molecule has 0 bridgehead atoms. The molecule has 0 amide bonds. The number of para-hydroxylation sites is 1. The normalized spacial score (nSPS) is 16.7. The molecular weight excluding hydrogens is 232 g/mol. The monoisotopic (exact) mass is 248 g/mol. The van der Waals surface area contributed by atoms with Gasteiger partial charge in [-0.1, -0.05) is 35.9 Å². The Balaban J connectivity index is 1.91. The summed E-state index contributed by atoms with van der Waals surface area (Å²) in [5.74, 6) is 0. The zero-order chi connectivity index (χ0) is 13.2. The van der Waals surface area contributed by atoms with Crippen LogP contribution in [0.3, 0.4) is 0 Å². The van der Waals surface area contributed by atoms with Gasteiger partial charge in [-0.15, -0.1) is 0 Å². The van der Waals surface area contributed by atoms with E-state index in [0.717, 1.165) is 18.5 Å².